The highest BCUT2D eigenvalue weighted by molar-refractivity contribution is 5.93. The lowest BCUT2D eigenvalue weighted by molar-refractivity contribution is -0.116. The maximum Gasteiger partial charge on any atom is 0.226 e. The molecule has 7 heteroatoms. The van der Waals surface area contributed by atoms with E-state index in [4.69, 9.17) is 0 Å². The van der Waals surface area contributed by atoms with E-state index in [1.165, 1.54) is 6.92 Å². The average molecular weight is 299 g/mol. The molecule has 0 aliphatic rings. The van der Waals surface area contributed by atoms with Crippen molar-refractivity contribution >= 4 is 29.1 Å². The number of carbonyl (C=O) groups is 2. The molecule has 0 unspecified atom stereocenters. The SMILES string of the molecule is CC(=O)Nc1cccc(NC(=O)CCNc2ncccn2)c1. The second-order valence-corrected chi connectivity index (χ2v) is 4.56. The number of hydrogen-bond donors (Lipinski definition) is 3. The van der Waals surface area contributed by atoms with Crippen molar-refractivity contribution < 1.29 is 9.59 Å². The molecule has 2 amide bonds. The topological polar surface area (TPSA) is 96.0 Å². The lowest BCUT2D eigenvalue weighted by Crippen LogP contribution is -2.17. The van der Waals surface area contributed by atoms with Crippen LogP contribution in [0.15, 0.2) is 42.7 Å². The summed E-state index contributed by atoms with van der Waals surface area (Å²) in [7, 11) is 0. The number of amides is 2. The molecular formula is C15H17N5O2. The molecule has 114 valence electrons. The molecule has 0 spiro atoms. The van der Waals surface area contributed by atoms with E-state index in [0.29, 0.717) is 23.9 Å². The smallest absolute Gasteiger partial charge is 0.226 e. The van der Waals surface area contributed by atoms with Crippen LogP contribution in [-0.2, 0) is 9.59 Å². The van der Waals surface area contributed by atoms with Crippen LogP contribution in [0.4, 0.5) is 17.3 Å². The largest absolute Gasteiger partial charge is 0.354 e. The van der Waals surface area contributed by atoms with E-state index in [9.17, 15) is 9.59 Å². The molecule has 0 saturated carbocycles. The second-order valence-electron chi connectivity index (χ2n) is 4.56. The number of benzene rings is 1. The Morgan fingerprint density at radius 3 is 2.41 bits per heavy atom. The summed E-state index contributed by atoms with van der Waals surface area (Å²) >= 11 is 0. The molecule has 0 radical (unpaired) electrons. The van der Waals surface area contributed by atoms with Crippen molar-refractivity contribution in [3.63, 3.8) is 0 Å². The highest BCUT2D eigenvalue weighted by atomic mass is 16.2. The number of aromatic nitrogens is 2. The molecule has 0 atom stereocenters. The number of rotatable bonds is 6. The minimum atomic E-state index is -0.157. The monoisotopic (exact) mass is 299 g/mol. The zero-order valence-electron chi connectivity index (χ0n) is 12.2. The molecule has 7 nitrogen and oxygen atoms in total. The van der Waals surface area contributed by atoms with Gasteiger partial charge in [-0.05, 0) is 24.3 Å². The first-order chi connectivity index (χ1) is 10.6. The molecule has 22 heavy (non-hydrogen) atoms. The van der Waals surface area contributed by atoms with E-state index < -0.39 is 0 Å². The fraction of sp³-hybridized carbons (Fsp3) is 0.200. The van der Waals surface area contributed by atoms with Gasteiger partial charge in [0.25, 0.3) is 0 Å². The lowest BCUT2D eigenvalue weighted by atomic mass is 10.2. The predicted octanol–water partition coefficient (Wildman–Crippen LogP) is 1.88. The Hall–Kier alpha value is -2.96. The average Bonchev–Trinajstić information content (AvgIpc) is 2.48. The van der Waals surface area contributed by atoms with Crippen LogP contribution in [-0.4, -0.2) is 28.3 Å². The normalized spacial score (nSPS) is 9.86. The molecule has 2 aromatic rings. The fourth-order valence-corrected chi connectivity index (χ4v) is 1.78. The van der Waals surface area contributed by atoms with Crippen molar-refractivity contribution in [2.45, 2.75) is 13.3 Å². The van der Waals surface area contributed by atoms with E-state index in [1.807, 2.05) is 0 Å². The quantitative estimate of drug-likeness (QED) is 0.757. The zero-order valence-corrected chi connectivity index (χ0v) is 12.2. The molecule has 1 heterocycles. The highest BCUT2D eigenvalue weighted by Gasteiger charge is 2.04. The van der Waals surface area contributed by atoms with E-state index in [0.717, 1.165) is 0 Å². The minimum Gasteiger partial charge on any atom is -0.354 e. The summed E-state index contributed by atoms with van der Waals surface area (Å²) in [4.78, 5) is 30.9. The first-order valence-electron chi connectivity index (χ1n) is 6.82. The molecule has 1 aromatic carbocycles. The van der Waals surface area contributed by atoms with Gasteiger partial charge >= 0.3 is 0 Å². The summed E-state index contributed by atoms with van der Waals surface area (Å²) in [5.41, 5.74) is 1.27. The van der Waals surface area contributed by atoms with Crippen molar-refractivity contribution in [2.75, 3.05) is 22.5 Å². The van der Waals surface area contributed by atoms with Crippen LogP contribution in [0.5, 0.6) is 0 Å². The molecule has 0 fully saturated rings. The summed E-state index contributed by atoms with van der Waals surface area (Å²) in [5, 5.41) is 8.39. The van der Waals surface area contributed by atoms with Gasteiger partial charge in [-0.15, -0.1) is 0 Å². The third-order valence-corrected chi connectivity index (χ3v) is 2.67. The summed E-state index contributed by atoms with van der Waals surface area (Å²) in [5.74, 6) is 0.196. The Kier molecular flexibility index (Phi) is 5.42. The van der Waals surface area contributed by atoms with Gasteiger partial charge in [0.15, 0.2) is 0 Å². The maximum absolute atomic E-state index is 11.9. The van der Waals surface area contributed by atoms with Crippen molar-refractivity contribution in [3.8, 4) is 0 Å². The Morgan fingerprint density at radius 1 is 1.05 bits per heavy atom. The van der Waals surface area contributed by atoms with Gasteiger partial charge in [-0.25, -0.2) is 9.97 Å². The van der Waals surface area contributed by atoms with Gasteiger partial charge in [0.1, 0.15) is 0 Å². The Morgan fingerprint density at radius 2 is 1.73 bits per heavy atom. The lowest BCUT2D eigenvalue weighted by Gasteiger charge is -2.08. The number of nitrogens with zero attached hydrogens (tertiary/aromatic N) is 2. The minimum absolute atomic E-state index is 0.136. The maximum atomic E-state index is 11.9. The predicted molar refractivity (Wildman–Crippen MR) is 84.5 cm³/mol. The molecule has 0 aliphatic carbocycles. The van der Waals surface area contributed by atoms with Crippen molar-refractivity contribution in [1.29, 1.82) is 0 Å². The van der Waals surface area contributed by atoms with Gasteiger partial charge in [-0.2, -0.15) is 0 Å². The standard InChI is InChI=1S/C15H17N5O2/c1-11(21)19-12-4-2-5-13(10-12)20-14(22)6-9-18-15-16-7-3-8-17-15/h2-5,7-8,10H,6,9H2,1H3,(H,19,21)(H,20,22)(H,16,17,18). The molecule has 2 rings (SSSR count). The van der Waals surface area contributed by atoms with Crippen molar-refractivity contribution in [2.24, 2.45) is 0 Å². The fourth-order valence-electron chi connectivity index (χ4n) is 1.78. The first-order valence-corrected chi connectivity index (χ1v) is 6.82. The molecule has 0 saturated heterocycles. The highest BCUT2D eigenvalue weighted by Crippen LogP contribution is 2.15. The number of carbonyl (C=O) groups excluding carboxylic acids is 2. The molecular weight excluding hydrogens is 282 g/mol. The number of hydrogen-bond acceptors (Lipinski definition) is 5. The van der Waals surface area contributed by atoms with E-state index in [-0.39, 0.29) is 18.2 Å². The van der Waals surface area contributed by atoms with E-state index in [2.05, 4.69) is 25.9 Å². The van der Waals surface area contributed by atoms with Crippen LogP contribution in [0.1, 0.15) is 13.3 Å². The van der Waals surface area contributed by atoms with E-state index >= 15 is 0 Å². The van der Waals surface area contributed by atoms with Crippen LogP contribution < -0.4 is 16.0 Å². The van der Waals surface area contributed by atoms with Crippen molar-refractivity contribution in [1.82, 2.24) is 9.97 Å². The van der Waals surface area contributed by atoms with Gasteiger partial charge in [0, 0.05) is 43.7 Å². The van der Waals surface area contributed by atoms with Gasteiger partial charge in [0.05, 0.1) is 0 Å². The summed E-state index contributed by atoms with van der Waals surface area (Å²) in [6.45, 7) is 1.86. The molecule has 0 aliphatic heterocycles. The van der Waals surface area contributed by atoms with Gasteiger partial charge in [-0.1, -0.05) is 6.07 Å². The van der Waals surface area contributed by atoms with Gasteiger partial charge < -0.3 is 16.0 Å². The Balaban J connectivity index is 1.80. The number of anilines is 3. The van der Waals surface area contributed by atoms with E-state index in [1.54, 1.807) is 42.7 Å². The van der Waals surface area contributed by atoms with Crippen LogP contribution >= 0.6 is 0 Å². The van der Waals surface area contributed by atoms with Crippen LogP contribution in [0.2, 0.25) is 0 Å². The summed E-state index contributed by atoms with van der Waals surface area (Å²) < 4.78 is 0. The molecule has 3 N–H and O–H groups in total. The Labute approximate surface area is 128 Å². The van der Waals surface area contributed by atoms with Crippen LogP contribution in [0, 0.1) is 0 Å². The number of nitrogens with one attached hydrogen (secondary N) is 3. The van der Waals surface area contributed by atoms with Crippen molar-refractivity contribution in [3.05, 3.63) is 42.7 Å². The molecule has 1 aromatic heterocycles. The Bertz CT molecular complexity index is 645. The second kappa shape index (κ2) is 7.72. The first kappa shape index (κ1) is 15.4. The van der Waals surface area contributed by atoms with Gasteiger partial charge in [0.2, 0.25) is 17.8 Å². The summed E-state index contributed by atoms with van der Waals surface area (Å²) in [6.07, 6.45) is 3.54. The third-order valence-electron chi connectivity index (χ3n) is 2.67. The van der Waals surface area contributed by atoms with Crippen LogP contribution in [0.25, 0.3) is 0 Å². The van der Waals surface area contributed by atoms with Crippen LogP contribution in [0.3, 0.4) is 0 Å². The third kappa shape index (κ3) is 5.20. The van der Waals surface area contributed by atoms with Gasteiger partial charge in [-0.3, -0.25) is 9.59 Å². The molecule has 0 bridgehead atoms. The summed E-state index contributed by atoms with van der Waals surface area (Å²) in [6, 6.07) is 8.70. The zero-order chi connectivity index (χ0) is 15.8.